The minimum absolute atomic E-state index is 0.0943. The molecule has 23 heavy (non-hydrogen) atoms. The molecule has 0 bridgehead atoms. The Bertz CT molecular complexity index is 708. The molecule has 0 aromatic carbocycles. The Morgan fingerprint density at radius 2 is 2.22 bits per heavy atom. The van der Waals surface area contributed by atoms with Crippen LogP contribution in [-0.2, 0) is 12.8 Å². The van der Waals surface area contributed by atoms with Gasteiger partial charge in [0, 0.05) is 15.8 Å². The van der Waals surface area contributed by atoms with Crippen LogP contribution in [-0.4, -0.2) is 12.1 Å². The quantitative estimate of drug-likeness (QED) is 0.634. The SMILES string of the molecule is CC(C)(C)[C@H]1CCc2c(C(=O)NN=Cc3ccsc3)csc2C1. The Morgan fingerprint density at radius 1 is 1.39 bits per heavy atom. The van der Waals surface area contributed by atoms with E-state index in [-0.39, 0.29) is 5.91 Å². The van der Waals surface area contributed by atoms with Crippen LogP contribution >= 0.6 is 22.7 Å². The molecule has 2 heterocycles. The standard InChI is InChI=1S/C18H22N2OS2/c1-18(2,3)13-4-5-14-15(11-23-16(14)8-13)17(21)20-19-9-12-6-7-22-10-12/h6-7,9-11,13H,4-5,8H2,1-3H3,(H,20,21)/t13-/m0/s1. The lowest BCUT2D eigenvalue weighted by Gasteiger charge is -2.33. The van der Waals surface area contributed by atoms with Crippen molar-refractivity contribution in [2.75, 3.05) is 0 Å². The molecule has 2 aromatic rings. The summed E-state index contributed by atoms with van der Waals surface area (Å²) in [6, 6.07) is 1.97. The highest BCUT2D eigenvalue weighted by atomic mass is 32.1. The first-order valence-electron chi connectivity index (χ1n) is 7.90. The fourth-order valence-electron chi connectivity index (χ4n) is 3.02. The molecule has 0 aliphatic heterocycles. The van der Waals surface area contributed by atoms with Crippen LogP contribution in [0.5, 0.6) is 0 Å². The highest BCUT2D eigenvalue weighted by Crippen LogP contribution is 2.40. The smallest absolute Gasteiger partial charge is 0.267 e. The van der Waals surface area contributed by atoms with Crippen LogP contribution < -0.4 is 5.43 Å². The second-order valence-corrected chi connectivity index (χ2v) is 8.86. The highest BCUT2D eigenvalue weighted by Gasteiger charge is 2.31. The largest absolute Gasteiger partial charge is 0.272 e. The molecule has 3 rings (SSSR count). The van der Waals surface area contributed by atoms with Crippen molar-refractivity contribution in [1.82, 2.24) is 5.43 Å². The normalized spacial score (nSPS) is 18.1. The Balaban J connectivity index is 1.68. The fourth-order valence-corrected chi connectivity index (χ4v) is 4.79. The van der Waals surface area contributed by atoms with Crippen molar-refractivity contribution >= 4 is 34.8 Å². The van der Waals surface area contributed by atoms with Crippen LogP contribution in [0.1, 0.15) is 53.6 Å². The van der Waals surface area contributed by atoms with Gasteiger partial charge < -0.3 is 0 Å². The fraction of sp³-hybridized carbons (Fsp3) is 0.444. The number of thiophene rings is 2. The molecule has 0 fully saturated rings. The molecule has 0 saturated heterocycles. The van der Waals surface area contributed by atoms with E-state index in [9.17, 15) is 4.79 Å². The van der Waals surface area contributed by atoms with Crippen LogP contribution in [0.2, 0.25) is 0 Å². The maximum Gasteiger partial charge on any atom is 0.272 e. The predicted octanol–water partition coefficient (Wildman–Crippen LogP) is 4.72. The third-order valence-electron chi connectivity index (χ3n) is 4.55. The molecule has 1 aliphatic carbocycles. The molecule has 1 N–H and O–H groups in total. The topological polar surface area (TPSA) is 41.5 Å². The highest BCUT2D eigenvalue weighted by molar-refractivity contribution is 7.10. The number of nitrogens with one attached hydrogen (secondary N) is 1. The van der Waals surface area contributed by atoms with Gasteiger partial charge in [-0.2, -0.15) is 16.4 Å². The van der Waals surface area contributed by atoms with Crippen molar-refractivity contribution in [3.05, 3.63) is 43.8 Å². The number of carbonyl (C=O) groups excluding carboxylic acids is 1. The summed E-state index contributed by atoms with van der Waals surface area (Å²) in [5, 5.41) is 10.0. The summed E-state index contributed by atoms with van der Waals surface area (Å²) in [4.78, 5) is 13.7. The molecule has 0 unspecified atom stereocenters. The van der Waals surface area contributed by atoms with Crippen LogP contribution in [0.4, 0.5) is 0 Å². The lowest BCUT2D eigenvalue weighted by molar-refractivity contribution is 0.0954. The second kappa shape index (κ2) is 6.57. The molecule has 0 radical (unpaired) electrons. The van der Waals surface area contributed by atoms with Gasteiger partial charge in [0.05, 0.1) is 11.8 Å². The maximum atomic E-state index is 12.4. The van der Waals surface area contributed by atoms with E-state index >= 15 is 0 Å². The molecule has 5 heteroatoms. The average molecular weight is 347 g/mol. The lowest BCUT2D eigenvalue weighted by atomic mass is 9.72. The number of hydrogen-bond donors (Lipinski definition) is 1. The first-order chi connectivity index (χ1) is 10.9. The average Bonchev–Trinajstić information content (AvgIpc) is 3.14. The van der Waals surface area contributed by atoms with E-state index in [1.54, 1.807) is 28.9 Å². The van der Waals surface area contributed by atoms with Gasteiger partial charge in [0.1, 0.15) is 0 Å². The van der Waals surface area contributed by atoms with Crippen molar-refractivity contribution in [2.24, 2.45) is 16.4 Å². The molecule has 1 aliphatic rings. The first kappa shape index (κ1) is 16.4. The van der Waals surface area contributed by atoms with Gasteiger partial charge in [-0.15, -0.1) is 11.3 Å². The van der Waals surface area contributed by atoms with E-state index in [4.69, 9.17) is 0 Å². The Kier molecular flexibility index (Phi) is 4.69. The summed E-state index contributed by atoms with van der Waals surface area (Å²) in [6.07, 6.45) is 4.93. The molecule has 1 atom stereocenters. The minimum atomic E-state index is -0.0943. The molecule has 0 saturated carbocycles. The summed E-state index contributed by atoms with van der Waals surface area (Å²) in [5.74, 6) is 0.601. The predicted molar refractivity (Wildman–Crippen MR) is 98.7 cm³/mol. The summed E-state index contributed by atoms with van der Waals surface area (Å²) < 4.78 is 0. The molecular formula is C18H22N2OS2. The van der Waals surface area contributed by atoms with E-state index in [1.807, 2.05) is 22.2 Å². The number of carbonyl (C=O) groups is 1. The maximum absolute atomic E-state index is 12.4. The molecule has 3 nitrogen and oxygen atoms in total. The summed E-state index contributed by atoms with van der Waals surface area (Å²) in [6.45, 7) is 6.93. The summed E-state index contributed by atoms with van der Waals surface area (Å²) in [7, 11) is 0. The van der Waals surface area contributed by atoms with Crippen LogP contribution in [0, 0.1) is 11.3 Å². The lowest BCUT2D eigenvalue weighted by Crippen LogP contribution is -2.27. The number of nitrogens with zero attached hydrogens (tertiary/aromatic N) is 1. The van der Waals surface area contributed by atoms with Crippen LogP contribution in [0.3, 0.4) is 0 Å². The number of rotatable bonds is 3. The third kappa shape index (κ3) is 3.72. The summed E-state index contributed by atoms with van der Waals surface area (Å²) in [5.41, 5.74) is 6.04. The first-order valence-corrected chi connectivity index (χ1v) is 9.72. The van der Waals surface area contributed by atoms with E-state index < -0.39 is 0 Å². The van der Waals surface area contributed by atoms with E-state index in [0.717, 1.165) is 30.4 Å². The van der Waals surface area contributed by atoms with Crippen molar-refractivity contribution in [2.45, 2.75) is 40.0 Å². The van der Waals surface area contributed by atoms with Gasteiger partial charge in [0.15, 0.2) is 0 Å². The van der Waals surface area contributed by atoms with Gasteiger partial charge in [-0.05, 0) is 53.0 Å². The minimum Gasteiger partial charge on any atom is -0.267 e. The van der Waals surface area contributed by atoms with Crippen molar-refractivity contribution in [3.8, 4) is 0 Å². The van der Waals surface area contributed by atoms with Gasteiger partial charge in [-0.25, -0.2) is 5.43 Å². The van der Waals surface area contributed by atoms with Gasteiger partial charge in [0.25, 0.3) is 5.91 Å². The Hall–Kier alpha value is -1.46. The Labute approximate surface area is 145 Å². The van der Waals surface area contributed by atoms with Crippen LogP contribution in [0.15, 0.2) is 27.3 Å². The van der Waals surface area contributed by atoms with Crippen LogP contribution in [0.25, 0.3) is 0 Å². The molecular weight excluding hydrogens is 324 g/mol. The van der Waals surface area contributed by atoms with Crippen molar-refractivity contribution < 1.29 is 4.79 Å². The van der Waals surface area contributed by atoms with Crippen molar-refractivity contribution in [1.29, 1.82) is 0 Å². The van der Waals surface area contributed by atoms with E-state index in [0.29, 0.717) is 11.3 Å². The molecule has 122 valence electrons. The zero-order valence-corrected chi connectivity index (χ0v) is 15.4. The third-order valence-corrected chi connectivity index (χ3v) is 6.30. The second-order valence-electron chi connectivity index (χ2n) is 7.11. The summed E-state index contributed by atoms with van der Waals surface area (Å²) >= 11 is 3.33. The number of hydrazone groups is 1. The number of hydrogen-bond acceptors (Lipinski definition) is 4. The molecule has 2 aromatic heterocycles. The zero-order chi connectivity index (χ0) is 16.4. The van der Waals surface area contributed by atoms with Crippen molar-refractivity contribution in [3.63, 3.8) is 0 Å². The van der Waals surface area contributed by atoms with Gasteiger partial charge in [0.2, 0.25) is 0 Å². The van der Waals surface area contributed by atoms with Gasteiger partial charge in [-0.1, -0.05) is 20.8 Å². The number of fused-ring (bicyclic) bond motifs is 1. The zero-order valence-electron chi connectivity index (χ0n) is 13.8. The van der Waals surface area contributed by atoms with Gasteiger partial charge in [-0.3, -0.25) is 4.79 Å². The monoisotopic (exact) mass is 346 g/mol. The van der Waals surface area contributed by atoms with E-state index in [2.05, 4.69) is 31.3 Å². The van der Waals surface area contributed by atoms with E-state index in [1.165, 1.54) is 10.4 Å². The molecule has 1 amide bonds. The molecule has 0 spiro atoms. The number of amides is 1. The van der Waals surface area contributed by atoms with Gasteiger partial charge >= 0.3 is 0 Å². The Morgan fingerprint density at radius 3 is 2.91 bits per heavy atom.